The van der Waals surface area contributed by atoms with Gasteiger partial charge in [0.1, 0.15) is 19.0 Å². The van der Waals surface area contributed by atoms with E-state index >= 15 is 0 Å². The van der Waals surface area contributed by atoms with Crippen molar-refractivity contribution in [3.63, 3.8) is 0 Å². The normalized spacial score (nSPS) is 10.9. The van der Waals surface area contributed by atoms with Crippen LogP contribution in [0, 0.1) is 11.6 Å². The van der Waals surface area contributed by atoms with E-state index in [9.17, 15) is 8.78 Å². The Morgan fingerprint density at radius 2 is 1.50 bits per heavy atom. The minimum absolute atomic E-state index is 0.0948. The number of benzene rings is 2. The van der Waals surface area contributed by atoms with E-state index in [4.69, 9.17) is 9.47 Å². The summed E-state index contributed by atoms with van der Waals surface area (Å²) >= 11 is 0. The van der Waals surface area contributed by atoms with E-state index in [0.717, 1.165) is 30.9 Å². The predicted molar refractivity (Wildman–Crippen MR) is 90.4 cm³/mol. The standard InChI is InChI=1S/C19H23F2NO2/c1-3-22(4-2)12-13-23-16-10-8-15(9-11-16)14-24-19-17(20)6-5-7-18(19)21/h5-11H,3-4,12-14H2,1-2H3. The van der Waals surface area contributed by atoms with Crippen LogP contribution in [0.15, 0.2) is 42.5 Å². The summed E-state index contributed by atoms with van der Waals surface area (Å²) in [6.07, 6.45) is 0. The molecule has 130 valence electrons. The lowest BCUT2D eigenvalue weighted by atomic mass is 10.2. The van der Waals surface area contributed by atoms with Gasteiger partial charge in [-0.1, -0.05) is 32.0 Å². The van der Waals surface area contributed by atoms with Gasteiger partial charge in [-0.25, -0.2) is 8.78 Å². The maximum Gasteiger partial charge on any atom is 0.191 e. The SMILES string of the molecule is CCN(CC)CCOc1ccc(COc2c(F)cccc2F)cc1. The quantitative estimate of drug-likeness (QED) is 0.683. The summed E-state index contributed by atoms with van der Waals surface area (Å²) in [6, 6.07) is 11.0. The van der Waals surface area contributed by atoms with Crippen LogP contribution in [-0.2, 0) is 6.61 Å². The van der Waals surface area contributed by atoms with Crippen molar-refractivity contribution in [1.29, 1.82) is 0 Å². The number of halogens is 2. The summed E-state index contributed by atoms with van der Waals surface area (Å²) in [7, 11) is 0. The Bertz CT molecular complexity index is 608. The molecule has 0 N–H and O–H groups in total. The van der Waals surface area contributed by atoms with Gasteiger partial charge in [-0.05, 0) is 42.9 Å². The van der Waals surface area contributed by atoms with Crippen LogP contribution < -0.4 is 9.47 Å². The summed E-state index contributed by atoms with van der Waals surface area (Å²) < 4.78 is 37.9. The number of ether oxygens (including phenoxy) is 2. The monoisotopic (exact) mass is 335 g/mol. The highest BCUT2D eigenvalue weighted by molar-refractivity contribution is 5.29. The Labute approximate surface area is 141 Å². The summed E-state index contributed by atoms with van der Waals surface area (Å²) in [5.74, 6) is -0.988. The first-order valence-corrected chi connectivity index (χ1v) is 8.15. The molecule has 0 fully saturated rings. The summed E-state index contributed by atoms with van der Waals surface area (Å²) in [6.45, 7) is 7.85. The van der Waals surface area contributed by atoms with Crippen LogP contribution >= 0.6 is 0 Å². The van der Waals surface area contributed by atoms with Crippen molar-refractivity contribution in [2.75, 3.05) is 26.2 Å². The molecule has 3 nitrogen and oxygen atoms in total. The second kappa shape index (κ2) is 9.23. The Morgan fingerprint density at radius 3 is 2.08 bits per heavy atom. The van der Waals surface area contributed by atoms with Crippen molar-refractivity contribution < 1.29 is 18.3 Å². The fraction of sp³-hybridized carbons (Fsp3) is 0.368. The molecule has 2 aromatic carbocycles. The number of hydrogen-bond donors (Lipinski definition) is 0. The molecule has 0 heterocycles. The molecule has 0 saturated carbocycles. The van der Waals surface area contributed by atoms with Gasteiger partial charge in [0.2, 0.25) is 0 Å². The first-order chi connectivity index (χ1) is 11.6. The smallest absolute Gasteiger partial charge is 0.191 e. The van der Waals surface area contributed by atoms with Gasteiger partial charge >= 0.3 is 0 Å². The Balaban J connectivity index is 1.84. The molecule has 0 bridgehead atoms. The lowest BCUT2D eigenvalue weighted by Gasteiger charge is -2.18. The highest BCUT2D eigenvalue weighted by atomic mass is 19.1. The van der Waals surface area contributed by atoms with Crippen LogP contribution in [0.2, 0.25) is 0 Å². The summed E-state index contributed by atoms with van der Waals surface area (Å²) in [5.41, 5.74) is 0.814. The maximum atomic E-state index is 13.5. The first kappa shape index (κ1) is 18.2. The third-order valence-electron chi connectivity index (χ3n) is 3.80. The third kappa shape index (κ3) is 5.20. The van der Waals surface area contributed by atoms with E-state index in [0.29, 0.717) is 6.61 Å². The largest absolute Gasteiger partial charge is 0.492 e. The van der Waals surface area contributed by atoms with E-state index < -0.39 is 11.6 Å². The number of rotatable bonds is 9. The molecule has 0 saturated heterocycles. The Kier molecular flexibility index (Phi) is 7.00. The molecule has 0 aliphatic rings. The second-order valence-electron chi connectivity index (χ2n) is 5.36. The molecule has 0 aliphatic heterocycles. The Hall–Kier alpha value is -2.14. The average Bonchev–Trinajstić information content (AvgIpc) is 2.59. The second-order valence-corrected chi connectivity index (χ2v) is 5.36. The van der Waals surface area contributed by atoms with Crippen LogP contribution in [0.1, 0.15) is 19.4 Å². The minimum atomic E-state index is -0.702. The Morgan fingerprint density at radius 1 is 0.875 bits per heavy atom. The lowest BCUT2D eigenvalue weighted by Crippen LogP contribution is -2.27. The number of likely N-dealkylation sites (N-methyl/N-ethyl adjacent to an activating group) is 1. The van der Waals surface area contributed by atoms with Crippen LogP contribution in [-0.4, -0.2) is 31.1 Å². The van der Waals surface area contributed by atoms with Gasteiger partial charge in [-0.3, -0.25) is 0 Å². The summed E-state index contributed by atoms with van der Waals surface area (Å²) in [4.78, 5) is 2.28. The van der Waals surface area contributed by atoms with Crippen molar-refractivity contribution >= 4 is 0 Å². The number of para-hydroxylation sites is 1. The molecule has 0 spiro atoms. The van der Waals surface area contributed by atoms with E-state index in [1.807, 2.05) is 24.3 Å². The molecule has 5 heteroatoms. The summed E-state index contributed by atoms with van der Waals surface area (Å²) in [5, 5.41) is 0. The topological polar surface area (TPSA) is 21.7 Å². The van der Waals surface area contributed by atoms with Crippen LogP contribution in [0.3, 0.4) is 0 Å². The van der Waals surface area contributed by atoms with Crippen molar-refractivity contribution in [2.24, 2.45) is 0 Å². The zero-order valence-electron chi connectivity index (χ0n) is 14.1. The van der Waals surface area contributed by atoms with Gasteiger partial charge in [0.15, 0.2) is 17.4 Å². The van der Waals surface area contributed by atoms with Gasteiger partial charge in [-0.15, -0.1) is 0 Å². The van der Waals surface area contributed by atoms with Gasteiger partial charge in [0.25, 0.3) is 0 Å². The lowest BCUT2D eigenvalue weighted by molar-refractivity contribution is 0.222. The van der Waals surface area contributed by atoms with Crippen LogP contribution in [0.25, 0.3) is 0 Å². The van der Waals surface area contributed by atoms with E-state index in [-0.39, 0.29) is 12.4 Å². The van der Waals surface area contributed by atoms with Gasteiger partial charge < -0.3 is 14.4 Å². The third-order valence-corrected chi connectivity index (χ3v) is 3.80. The molecule has 24 heavy (non-hydrogen) atoms. The highest BCUT2D eigenvalue weighted by Crippen LogP contribution is 2.22. The zero-order valence-corrected chi connectivity index (χ0v) is 14.1. The first-order valence-electron chi connectivity index (χ1n) is 8.15. The van der Waals surface area contributed by atoms with Crippen molar-refractivity contribution in [2.45, 2.75) is 20.5 Å². The molecule has 0 aromatic heterocycles. The molecule has 2 rings (SSSR count). The molecule has 0 unspecified atom stereocenters. The highest BCUT2D eigenvalue weighted by Gasteiger charge is 2.09. The molecule has 0 amide bonds. The fourth-order valence-electron chi connectivity index (χ4n) is 2.29. The van der Waals surface area contributed by atoms with Crippen LogP contribution in [0.4, 0.5) is 8.78 Å². The van der Waals surface area contributed by atoms with Crippen molar-refractivity contribution in [3.05, 3.63) is 59.7 Å². The van der Waals surface area contributed by atoms with E-state index in [1.165, 1.54) is 18.2 Å². The molecular weight excluding hydrogens is 312 g/mol. The molecular formula is C19H23F2NO2. The van der Waals surface area contributed by atoms with Gasteiger partial charge in [0, 0.05) is 6.54 Å². The molecule has 0 radical (unpaired) electrons. The minimum Gasteiger partial charge on any atom is -0.492 e. The predicted octanol–water partition coefficient (Wildman–Crippen LogP) is 4.26. The zero-order chi connectivity index (χ0) is 17.4. The molecule has 0 aliphatic carbocycles. The molecule has 0 atom stereocenters. The van der Waals surface area contributed by atoms with Crippen molar-refractivity contribution in [1.82, 2.24) is 4.90 Å². The average molecular weight is 335 g/mol. The van der Waals surface area contributed by atoms with E-state index in [2.05, 4.69) is 18.7 Å². The molecule has 2 aromatic rings. The number of hydrogen-bond acceptors (Lipinski definition) is 3. The van der Waals surface area contributed by atoms with Crippen molar-refractivity contribution in [3.8, 4) is 11.5 Å². The van der Waals surface area contributed by atoms with Gasteiger partial charge in [0.05, 0.1) is 0 Å². The van der Waals surface area contributed by atoms with Crippen LogP contribution in [0.5, 0.6) is 11.5 Å². The maximum absolute atomic E-state index is 13.5. The number of nitrogens with zero attached hydrogens (tertiary/aromatic N) is 1. The fourth-order valence-corrected chi connectivity index (χ4v) is 2.29. The van der Waals surface area contributed by atoms with E-state index in [1.54, 1.807) is 0 Å². The van der Waals surface area contributed by atoms with Gasteiger partial charge in [-0.2, -0.15) is 0 Å².